The number of halogens is 1. The zero-order chi connectivity index (χ0) is 21.8. The van der Waals surface area contributed by atoms with Gasteiger partial charge in [0.25, 0.3) is 0 Å². The Bertz CT molecular complexity index is 1180. The lowest BCUT2D eigenvalue weighted by atomic mass is 10.1. The van der Waals surface area contributed by atoms with E-state index in [9.17, 15) is 4.79 Å². The highest BCUT2D eigenvalue weighted by atomic mass is 79.9. The molecule has 0 spiro atoms. The molecule has 158 valence electrons. The van der Waals surface area contributed by atoms with E-state index in [0.29, 0.717) is 13.0 Å². The summed E-state index contributed by atoms with van der Waals surface area (Å²) in [4.78, 5) is 19.3. The molecule has 0 aliphatic rings. The summed E-state index contributed by atoms with van der Waals surface area (Å²) in [7, 11) is 0. The molecule has 0 N–H and O–H groups in total. The van der Waals surface area contributed by atoms with Crippen LogP contribution < -0.4 is 0 Å². The Kier molecular flexibility index (Phi) is 6.52. The van der Waals surface area contributed by atoms with E-state index >= 15 is 0 Å². The third kappa shape index (κ3) is 5.05. The smallest absolute Gasteiger partial charge is 0.227 e. The van der Waals surface area contributed by atoms with Gasteiger partial charge >= 0.3 is 0 Å². The van der Waals surface area contributed by atoms with Gasteiger partial charge in [0.1, 0.15) is 0 Å². The minimum atomic E-state index is 0.121. The number of amides is 1. The number of carbonyl (C=O) groups is 1. The molecule has 4 rings (SSSR count). The van der Waals surface area contributed by atoms with Crippen LogP contribution in [0.25, 0.3) is 10.9 Å². The van der Waals surface area contributed by atoms with Crippen LogP contribution in [-0.4, -0.2) is 26.4 Å². The quantitative estimate of drug-likeness (QED) is 0.337. The number of hydrogen-bond donors (Lipinski definition) is 0. The molecule has 1 amide bonds. The summed E-state index contributed by atoms with van der Waals surface area (Å²) in [5, 5.41) is 1.14. The molecule has 2 aromatic carbocycles. The Hall–Kier alpha value is -2.92. The normalized spacial score (nSPS) is 11.2. The zero-order valence-corrected chi connectivity index (χ0v) is 19.4. The molecule has 0 radical (unpaired) electrons. The fourth-order valence-electron chi connectivity index (χ4n) is 3.93. The fraction of sp³-hybridized carbons (Fsp3) is 0.231. The van der Waals surface area contributed by atoms with Crippen molar-refractivity contribution in [2.45, 2.75) is 39.4 Å². The maximum absolute atomic E-state index is 13.3. The molecule has 0 bridgehead atoms. The fourth-order valence-corrected chi connectivity index (χ4v) is 4.38. The van der Waals surface area contributed by atoms with Gasteiger partial charge in [0.15, 0.2) is 0 Å². The number of hydrogen-bond acceptors (Lipinski definition) is 2. The highest BCUT2D eigenvalue weighted by molar-refractivity contribution is 9.10. The molecule has 2 heterocycles. The van der Waals surface area contributed by atoms with E-state index in [1.54, 1.807) is 12.4 Å². The van der Waals surface area contributed by atoms with Gasteiger partial charge in [0, 0.05) is 53.1 Å². The van der Waals surface area contributed by atoms with Gasteiger partial charge in [-0.2, -0.15) is 0 Å². The second-order valence-corrected chi connectivity index (χ2v) is 8.99. The summed E-state index contributed by atoms with van der Waals surface area (Å²) in [5.74, 6) is 0.136. The predicted molar refractivity (Wildman–Crippen MR) is 129 cm³/mol. The summed E-state index contributed by atoms with van der Waals surface area (Å²) >= 11 is 3.56. The van der Waals surface area contributed by atoms with Crippen molar-refractivity contribution in [3.63, 3.8) is 0 Å². The molecular weight excluding hydrogens is 450 g/mol. The van der Waals surface area contributed by atoms with Crippen LogP contribution in [0.4, 0.5) is 0 Å². The maximum Gasteiger partial charge on any atom is 0.227 e. The third-order valence-electron chi connectivity index (χ3n) is 5.50. The minimum absolute atomic E-state index is 0.121. The van der Waals surface area contributed by atoms with E-state index < -0.39 is 0 Å². The average Bonchev–Trinajstić information content (AvgIpc) is 3.09. The molecule has 4 nitrogen and oxygen atoms in total. The maximum atomic E-state index is 13.3. The monoisotopic (exact) mass is 475 g/mol. The van der Waals surface area contributed by atoms with Crippen LogP contribution >= 0.6 is 15.9 Å². The van der Waals surface area contributed by atoms with Gasteiger partial charge in [0.2, 0.25) is 5.91 Å². The van der Waals surface area contributed by atoms with E-state index in [2.05, 4.69) is 81.9 Å². The van der Waals surface area contributed by atoms with E-state index in [4.69, 9.17) is 0 Å². The number of para-hydroxylation sites is 1. The van der Waals surface area contributed by atoms with Crippen LogP contribution in [0.2, 0.25) is 0 Å². The van der Waals surface area contributed by atoms with Crippen LogP contribution in [-0.2, 0) is 24.3 Å². The molecule has 0 saturated carbocycles. The molecule has 2 aromatic heterocycles. The van der Waals surface area contributed by atoms with Crippen molar-refractivity contribution in [2.75, 3.05) is 0 Å². The lowest BCUT2D eigenvalue weighted by Crippen LogP contribution is -2.37. The first kappa shape index (κ1) is 21.3. The second-order valence-electron chi connectivity index (χ2n) is 8.08. The molecule has 0 aliphatic heterocycles. The number of pyridine rings is 1. The molecular formula is C26H26BrN3O. The summed E-state index contributed by atoms with van der Waals surface area (Å²) < 4.78 is 3.31. The van der Waals surface area contributed by atoms with Crippen molar-refractivity contribution in [3.05, 3.63) is 100 Å². The van der Waals surface area contributed by atoms with Crippen LogP contribution in [0.5, 0.6) is 0 Å². The zero-order valence-electron chi connectivity index (χ0n) is 17.8. The van der Waals surface area contributed by atoms with Crippen molar-refractivity contribution < 1.29 is 4.79 Å². The number of fused-ring (bicyclic) bond motifs is 1. The topological polar surface area (TPSA) is 38.1 Å². The Balaban J connectivity index is 1.60. The number of aromatic nitrogens is 2. The molecule has 4 aromatic rings. The van der Waals surface area contributed by atoms with Crippen molar-refractivity contribution in [3.8, 4) is 0 Å². The lowest BCUT2D eigenvalue weighted by Gasteiger charge is -2.27. The summed E-state index contributed by atoms with van der Waals surface area (Å²) in [6.07, 6.45) is 6.06. The molecule has 31 heavy (non-hydrogen) atoms. The first-order valence-corrected chi connectivity index (χ1v) is 11.3. The first-order chi connectivity index (χ1) is 15.0. The average molecular weight is 476 g/mol. The lowest BCUT2D eigenvalue weighted by molar-refractivity contribution is -0.132. The van der Waals surface area contributed by atoms with E-state index in [-0.39, 0.29) is 11.9 Å². The first-order valence-electron chi connectivity index (χ1n) is 10.5. The second kappa shape index (κ2) is 9.48. The predicted octanol–water partition coefficient (Wildman–Crippen LogP) is 5.83. The standard InChI is InChI=1S/C26H26BrN3O/c1-19(2)30(17-20-10-12-28-13-11-20)26(31)15-22-18-29(25-9-4-3-8-24(22)25)16-21-6-5-7-23(27)14-21/h3-14,18-19H,15-17H2,1-2H3. The molecule has 0 unspecified atom stereocenters. The van der Waals surface area contributed by atoms with Crippen LogP contribution in [0, 0.1) is 0 Å². The van der Waals surface area contributed by atoms with Gasteiger partial charge in [-0.1, -0.05) is 46.3 Å². The van der Waals surface area contributed by atoms with Crippen molar-refractivity contribution in [2.24, 2.45) is 0 Å². The molecule has 0 atom stereocenters. The van der Waals surface area contributed by atoms with Gasteiger partial charge in [-0.25, -0.2) is 0 Å². The van der Waals surface area contributed by atoms with Crippen molar-refractivity contribution >= 4 is 32.7 Å². The van der Waals surface area contributed by atoms with Gasteiger partial charge < -0.3 is 9.47 Å². The van der Waals surface area contributed by atoms with Gasteiger partial charge in [-0.15, -0.1) is 0 Å². The Labute approximate surface area is 191 Å². The van der Waals surface area contributed by atoms with Crippen LogP contribution in [0.3, 0.4) is 0 Å². The highest BCUT2D eigenvalue weighted by Gasteiger charge is 2.20. The summed E-state index contributed by atoms with van der Waals surface area (Å²) in [5.41, 5.74) is 4.52. The Morgan fingerprint density at radius 2 is 1.81 bits per heavy atom. The Morgan fingerprint density at radius 3 is 2.55 bits per heavy atom. The number of carbonyl (C=O) groups excluding carboxylic acids is 1. The molecule has 5 heteroatoms. The molecule has 0 saturated heterocycles. The van der Waals surface area contributed by atoms with Crippen LogP contribution in [0.1, 0.15) is 30.5 Å². The largest absolute Gasteiger partial charge is 0.343 e. The number of benzene rings is 2. The highest BCUT2D eigenvalue weighted by Crippen LogP contribution is 2.24. The molecule has 0 aliphatic carbocycles. The summed E-state index contributed by atoms with van der Waals surface area (Å²) in [6, 6.07) is 20.7. The van der Waals surface area contributed by atoms with Gasteiger partial charge in [-0.3, -0.25) is 9.78 Å². The Morgan fingerprint density at radius 1 is 1.03 bits per heavy atom. The third-order valence-corrected chi connectivity index (χ3v) is 5.99. The van der Waals surface area contributed by atoms with E-state index in [0.717, 1.165) is 33.0 Å². The molecule has 0 fully saturated rings. The van der Waals surface area contributed by atoms with Crippen molar-refractivity contribution in [1.82, 2.24) is 14.5 Å². The van der Waals surface area contributed by atoms with Gasteiger partial charge in [-0.05, 0) is 60.9 Å². The minimum Gasteiger partial charge on any atom is -0.343 e. The van der Waals surface area contributed by atoms with Crippen LogP contribution in [0.15, 0.2) is 83.7 Å². The van der Waals surface area contributed by atoms with E-state index in [1.807, 2.05) is 29.2 Å². The number of nitrogens with zero attached hydrogens (tertiary/aromatic N) is 3. The number of rotatable bonds is 7. The SMILES string of the molecule is CC(C)N(Cc1ccncc1)C(=O)Cc1cn(Cc2cccc(Br)c2)c2ccccc12. The van der Waals surface area contributed by atoms with Gasteiger partial charge in [0.05, 0.1) is 6.42 Å². The van der Waals surface area contributed by atoms with Crippen molar-refractivity contribution in [1.29, 1.82) is 0 Å². The van der Waals surface area contributed by atoms with E-state index in [1.165, 1.54) is 5.56 Å². The summed E-state index contributed by atoms with van der Waals surface area (Å²) in [6.45, 7) is 5.49.